The van der Waals surface area contributed by atoms with Crippen molar-refractivity contribution in [3.63, 3.8) is 0 Å². The number of benzene rings is 2. The zero-order chi connectivity index (χ0) is 24.0. The van der Waals surface area contributed by atoms with Crippen molar-refractivity contribution >= 4 is 11.6 Å². The van der Waals surface area contributed by atoms with Crippen molar-refractivity contribution in [2.24, 2.45) is 0 Å². The number of nitrogens with zero attached hydrogens (tertiary/aromatic N) is 2. The van der Waals surface area contributed by atoms with Crippen LogP contribution in [0.15, 0.2) is 42.5 Å². The molecule has 0 radical (unpaired) electrons. The fourth-order valence-corrected chi connectivity index (χ4v) is 3.68. The van der Waals surface area contributed by atoms with Gasteiger partial charge in [0.15, 0.2) is 0 Å². The summed E-state index contributed by atoms with van der Waals surface area (Å²) in [6.07, 6.45) is -4.70. The smallest absolute Gasteiger partial charge is 0.497 e. The van der Waals surface area contributed by atoms with E-state index >= 15 is 0 Å². The monoisotopic (exact) mass is 467 g/mol. The molecule has 1 saturated heterocycles. The van der Waals surface area contributed by atoms with Crippen molar-refractivity contribution in [1.82, 2.24) is 9.80 Å². The van der Waals surface area contributed by atoms with E-state index in [0.29, 0.717) is 36.8 Å². The third kappa shape index (κ3) is 7.00. The van der Waals surface area contributed by atoms with Gasteiger partial charge in [0.1, 0.15) is 17.2 Å². The van der Waals surface area contributed by atoms with Crippen LogP contribution in [0.2, 0.25) is 0 Å². The van der Waals surface area contributed by atoms with Gasteiger partial charge in [-0.3, -0.25) is 14.6 Å². The maximum Gasteiger partial charge on any atom is 0.573 e. The van der Waals surface area contributed by atoms with Crippen LogP contribution in [0.3, 0.4) is 0 Å². The minimum atomic E-state index is -4.70. The number of ether oxygens (including phenoxy) is 3. The lowest BCUT2D eigenvalue weighted by Gasteiger charge is -2.37. The van der Waals surface area contributed by atoms with Gasteiger partial charge in [-0.1, -0.05) is 12.1 Å². The Labute approximate surface area is 191 Å². The molecule has 1 N–H and O–H groups in total. The topological polar surface area (TPSA) is 63.3 Å². The predicted octanol–water partition coefficient (Wildman–Crippen LogP) is 3.75. The molecule has 2 aromatic carbocycles. The number of amides is 1. The van der Waals surface area contributed by atoms with Crippen LogP contribution >= 0.6 is 0 Å². The van der Waals surface area contributed by atoms with Gasteiger partial charge in [-0.05, 0) is 36.8 Å². The van der Waals surface area contributed by atoms with Crippen LogP contribution in [0.4, 0.5) is 18.9 Å². The molecule has 0 saturated carbocycles. The third-order valence-electron chi connectivity index (χ3n) is 5.56. The maximum absolute atomic E-state index is 12.8. The van der Waals surface area contributed by atoms with Crippen molar-refractivity contribution in [2.45, 2.75) is 25.9 Å². The number of rotatable bonds is 8. The van der Waals surface area contributed by atoms with Crippen LogP contribution in [-0.2, 0) is 11.3 Å². The van der Waals surface area contributed by atoms with Crippen LogP contribution in [0.25, 0.3) is 0 Å². The highest BCUT2D eigenvalue weighted by Crippen LogP contribution is 2.29. The molecule has 1 aliphatic heterocycles. The number of piperazine rings is 1. The van der Waals surface area contributed by atoms with E-state index in [4.69, 9.17) is 9.47 Å². The molecule has 0 aromatic heterocycles. The normalized spacial score (nSPS) is 16.2. The van der Waals surface area contributed by atoms with Crippen LogP contribution in [0.1, 0.15) is 12.5 Å². The Kier molecular flexibility index (Phi) is 8.04. The lowest BCUT2D eigenvalue weighted by Crippen LogP contribution is -2.52. The largest absolute Gasteiger partial charge is 0.573 e. The van der Waals surface area contributed by atoms with E-state index in [1.54, 1.807) is 37.4 Å². The summed E-state index contributed by atoms with van der Waals surface area (Å²) in [4.78, 5) is 17.1. The Bertz CT molecular complexity index is 930. The van der Waals surface area contributed by atoms with Gasteiger partial charge in [0.05, 0.1) is 25.9 Å². The van der Waals surface area contributed by atoms with E-state index in [-0.39, 0.29) is 17.7 Å². The standard InChI is InChI=1S/C23H28F3N3O4/c1-16(22(30)27-20-14-19(31-2)8-9-21(20)32-3)29-12-10-28(11-13-29)15-17-4-6-18(7-5-17)33-23(24,25)26/h4-9,14,16H,10-13,15H2,1-3H3,(H,27,30). The Morgan fingerprint density at radius 2 is 1.64 bits per heavy atom. The van der Waals surface area contributed by atoms with Crippen LogP contribution in [0, 0.1) is 0 Å². The summed E-state index contributed by atoms with van der Waals surface area (Å²) in [7, 11) is 3.09. The number of anilines is 1. The van der Waals surface area contributed by atoms with E-state index in [2.05, 4.69) is 19.9 Å². The number of hydrogen-bond acceptors (Lipinski definition) is 6. The van der Waals surface area contributed by atoms with E-state index < -0.39 is 6.36 Å². The van der Waals surface area contributed by atoms with Gasteiger partial charge in [-0.25, -0.2) is 0 Å². The predicted molar refractivity (Wildman–Crippen MR) is 118 cm³/mol. The second-order valence-electron chi connectivity index (χ2n) is 7.74. The van der Waals surface area contributed by atoms with Gasteiger partial charge in [-0.15, -0.1) is 13.2 Å². The summed E-state index contributed by atoms with van der Waals surface area (Å²) in [5.74, 6) is 0.789. The highest BCUT2D eigenvalue weighted by molar-refractivity contribution is 5.96. The molecular formula is C23H28F3N3O4. The van der Waals surface area contributed by atoms with Crippen molar-refractivity contribution in [3.8, 4) is 17.2 Å². The van der Waals surface area contributed by atoms with Crippen molar-refractivity contribution < 1.29 is 32.2 Å². The molecule has 3 rings (SSSR count). The summed E-state index contributed by atoms with van der Waals surface area (Å²) in [6, 6.07) is 10.8. The molecular weight excluding hydrogens is 439 g/mol. The fourth-order valence-electron chi connectivity index (χ4n) is 3.68. The average molecular weight is 467 g/mol. The number of methoxy groups -OCH3 is 2. The Hall–Kier alpha value is -2.98. The molecule has 1 fully saturated rings. The first-order chi connectivity index (χ1) is 15.7. The minimum Gasteiger partial charge on any atom is -0.497 e. The fraction of sp³-hybridized carbons (Fsp3) is 0.435. The lowest BCUT2D eigenvalue weighted by molar-refractivity contribution is -0.274. The summed E-state index contributed by atoms with van der Waals surface area (Å²) in [6.45, 7) is 5.33. The zero-order valence-corrected chi connectivity index (χ0v) is 18.8. The maximum atomic E-state index is 12.8. The molecule has 0 bridgehead atoms. The SMILES string of the molecule is COc1ccc(OC)c(NC(=O)C(C)N2CCN(Cc3ccc(OC(F)(F)F)cc3)CC2)c1. The molecule has 7 nitrogen and oxygen atoms in total. The summed E-state index contributed by atoms with van der Waals surface area (Å²) < 4.78 is 51.3. The first-order valence-corrected chi connectivity index (χ1v) is 10.5. The molecule has 33 heavy (non-hydrogen) atoms. The molecule has 0 aliphatic carbocycles. The van der Waals surface area contributed by atoms with Gasteiger partial charge >= 0.3 is 6.36 Å². The molecule has 10 heteroatoms. The Balaban J connectivity index is 1.50. The number of carbonyl (C=O) groups excluding carboxylic acids is 1. The minimum absolute atomic E-state index is 0.143. The van der Waals surface area contributed by atoms with Crippen molar-refractivity contribution in [1.29, 1.82) is 0 Å². The highest BCUT2D eigenvalue weighted by Gasteiger charge is 2.31. The van der Waals surface area contributed by atoms with Gasteiger partial charge in [0, 0.05) is 38.8 Å². The molecule has 0 spiro atoms. The molecule has 1 amide bonds. The van der Waals surface area contributed by atoms with E-state index in [0.717, 1.165) is 18.7 Å². The summed E-state index contributed by atoms with van der Waals surface area (Å²) >= 11 is 0. The molecule has 2 aromatic rings. The zero-order valence-electron chi connectivity index (χ0n) is 18.8. The second kappa shape index (κ2) is 10.8. The molecule has 180 valence electrons. The Morgan fingerprint density at radius 1 is 1.00 bits per heavy atom. The van der Waals surface area contributed by atoms with E-state index in [1.165, 1.54) is 19.2 Å². The lowest BCUT2D eigenvalue weighted by atomic mass is 10.1. The number of nitrogens with one attached hydrogen (secondary N) is 1. The van der Waals surface area contributed by atoms with Gasteiger partial charge in [0.25, 0.3) is 0 Å². The molecule has 1 unspecified atom stereocenters. The Morgan fingerprint density at radius 3 is 2.21 bits per heavy atom. The van der Waals surface area contributed by atoms with Gasteiger partial charge in [0.2, 0.25) is 5.91 Å². The van der Waals surface area contributed by atoms with Crippen LogP contribution in [-0.4, -0.2) is 68.5 Å². The first-order valence-electron chi connectivity index (χ1n) is 10.5. The van der Waals surface area contributed by atoms with Crippen LogP contribution in [0.5, 0.6) is 17.2 Å². The quantitative estimate of drug-likeness (QED) is 0.638. The highest BCUT2D eigenvalue weighted by atomic mass is 19.4. The number of alkyl halides is 3. The average Bonchev–Trinajstić information content (AvgIpc) is 2.79. The molecule has 1 atom stereocenters. The first kappa shape index (κ1) is 24.7. The van der Waals surface area contributed by atoms with E-state index in [1.807, 2.05) is 6.92 Å². The van der Waals surface area contributed by atoms with Crippen LogP contribution < -0.4 is 19.5 Å². The van der Waals surface area contributed by atoms with Gasteiger partial charge < -0.3 is 19.5 Å². The molecule has 1 aliphatic rings. The summed E-state index contributed by atoms with van der Waals surface area (Å²) in [5.41, 5.74) is 1.44. The van der Waals surface area contributed by atoms with Crippen molar-refractivity contribution in [3.05, 3.63) is 48.0 Å². The van der Waals surface area contributed by atoms with Gasteiger partial charge in [-0.2, -0.15) is 0 Å². The van der Waals surface area contributed by atoms with Crippen molar-refractivity contribution in [2.75, 3.05) is 45.7 Å². The summed E-state index contributed by atoms with van der Waals surface area (Å²) in [5, 5.41) is 2.91. The number of carbonyl (C=O) groups is 1. The second-order valence-corrected chi connectivity index (χ2v) is 7.74. The van der Waals surface area contributed by atoms with E-state index in [9.17, 15) is 18.0 Å². The third-order valence-corrected chi connectivity index (χ3v) is 5.56. The number of halogens is 3. The molecule has 1 heterocycles. The number of hydrogen-bond donors (Lipinski definition) is 1.